The molecule has 1 saturated carbocycles. The molecule has 4 N–H and O–H groups in total. The lowest BCUT2D eigenvalue weighted by Crippen LogP contribution is -2.48. The first-order valence-electron chi connectivity index (χ1n) is 14.1. The molecule has 234 valence electrons. The molecule has 1 heterocycles. The molecule has 1 aliphatic carbocycles. The normalized spacial score (nSPS) is 20.6. The Hall–Kier alpha value is -1.43. The topological polar surface area (TPSA) is 128 Å². The molecule has 1 amide bonds. The van der Waals surface area contributed by atoms with Crippen LogP contribution in [0.15, 0.2) is 30.3 Å². The highest BCUT2D eigenvalue weighted by Gasteiger charge is 2.40. The Morgan fingerprint density at radius 3 is 2.36 bits per heavy atom. The zero-order valence-electron chi connectivity index (χ0n) is 23.7. The van der Waals surface area contributed by atoms with Gasteiger partial charge in [-0.2, -0.15) is 0 Å². The average molecular weight is 665 g/mol. The van der Waals surface area contributed by atoms with Gasteiger partial charge in [-0.1, -0.05) is 23.2 Å². The molecule has 0 bridgehead atoms. The molecular weight excluding hydrogens is 625 g/mol. The molecule has 0 radical (unpaired) electrons. The number of aliphatic hydroxyl groups is 4. The molecule has 0 aliphatic heterocycles. The maximum Gasteiger partial charge on any atom is 0.348 e. The summed E-state index contributed by atoms with van der Waals surface area (Å²) in [5, 5.41) is 40.9. The number of esters is 1. The van der Waals surface area contributed by atoms with E-state index in [1.165, 1.54) is 23.2 Å². The molecule has 42 heavy (non-hydrogen) atoms. The minimum absolute atomic E-state index is 0.0428. The Kier molecular flexibility index (Phi) is 13.8. The molecule has 1 aromatic heterocycles. The number of hydrogen-bond acceptors (Lipinski definition) is 8. The Morgan fingerprint density at radius 2 is 1.74 bits per heavy atom. The van der Waals surface area contributed by atoms with Crippen molar-refractivity contribution in [2.45, 2.75) is 56.9 Å². The van der Waals surface area contributed by atoms with Gasteiger partial charge < -0.3 is 30.1 Å². The maximum atomic E-state index is 12.8. The first kappa shape index (κ1) is 35.1. The molecule has 0 unspecified atom stereocenters. The Morgan fingerprint density at radius 1 is 1.05 bits per heavy atom. The SMILES string of the molecule is CC(=O)N(CCO)CC(CO)(CO)COC(=O)c1ccc(CCC[C@@H]2[C@@H](CCc3cc(Cl)cc(Cl)c3)[C@H](O)C[C@H]2Cl)s1. The predicted octanol–water partition coefficient (Wildman–Crippen LogP) is 4.58. The van der Waals surface area contributed by atoms with Crippen molar-refractivity contribution in [3.63, 3.8) is 0 Å². The van der Waals surface area contributed by atoms with Crippen molar-refractivity contribution >= 4 is 58.0 Å². The van der Waals surface area contributed by atoms with Crippen molar-refractivity contribution in [2.24, 2.45) is 17.3 Å². The first-order valence-corrected chi connectivity index (χ1v) is 16.1. The van der Waals surface area contributed by atoms with Crippen molar-refractivity contribution in [3.8, 4) is 0 Å². The smallest absolute Gasteiger partial charge is 0.348 e. The van der Waals surface area contributed by atoms with Crippen LogP contribution in [0, 0.1) is 17.3 Å². The molecular formula is C30H40Cl3NO7S. The van der Waals surface area contributed by atoms with E-state index in [0.717, 1.165) is 42.5 Å². The number of alkyl halides is 1. The minimum Gasteiger partial charge on any atom is -0.461 e. The summed E-state index contributed by atoms with van der Waals surface area (Å²) in [5.74, 6) is -0.649. The van der Waals surface area contributed by atoms with Gasteiger partial charge in [0.2, 0.25) is 5.91 Å². The zero-order valence-corrected chi connectivity index (χ0v) is 26.8. The van der Waals surface area contributed by atoms with Gasteiger partial charge in [-0.15, -0.1) is 22.9 Å². The number of carbonyl (C=O) groups is 2. The van der Waals surface area contributed by atoms with E-state index in [1.54, 1.807) is 12.1 Å². The zero-order chi connectivity index (χ0) is 30.9. The lowest BCUT2D eigenvalue weighted by molar-refractivity contribution is -0.133. The lowest BCUT2D eigenvalue weighted by Gasteiger charge is -2.34. The molecule has 1 aliphatic rings. The standard InChI is InChI=1S/C30H40Cl3NO7S/c1-19(38)34(9-10-35)15-30(16-36,17-37)18-41-29(40)28-8-6-23(42-28)3-2-4-24-25(27(39)14-26(24)33)7-5-20-11-21(31)13-22(32)12-20/h6,8,11-13,24-27,35-37,39H,2-5,7,9-10,14-18H2,1H3/t24-,25-,26-,27-/m1/s1. The first-order chi connectivity index (χ1) is 20.0. The number of aliphatic hydroxyl groups excluding tert-OH is 4. The summed E-state index contributed by atoms with van der Waals surface area (Å²) >= 11 is 20.3. The second-order valence-corrected chi connectivity index (χ2v) is 13.8. The van der Waals surface area contributed by atoms with E-state index in [-0.39, 0.29) is 49.4 Å². The van der Waals surface area contributed by atoms with E-state index in [0.29, 0.717) is 21.3 Å². The van der Waals surface area contributed by atoms with Crippen LogP contribution in [0.4, 0.5) is 0 Å². The highest BCUT2D eigenvalue weighted by atomic mass is 35.5. The molecule has 8 nitrogen and oxygen atoms in total. The lowest BCUT2D eigenvalue weighted by atomic mass is 9.85. The van der Waals surface area contributed by atoms with Crippen LogP contribution in [0.1, 0.15) is 52.7 Å². The third kappa shape index (κ3) is 9.79. The van der Waals surface area contributed by atoms with Gasteiger partial charge in [0, 0.05) is 40.3 Å². The van der Waals surface area contributed by atoms with Crippen LogP contribution < -0.4 is 0 Å². The van der Waals surface area contributed by atoms with Crippen molar-refractivity contribution in [3.05, 3.63) is 55.7 Å². The number of hydrogen-bond donors (Lipinski definition) is 4. The fraction of sp³-hybridized carbons (Fsp3) is 0.600. The third-order valence-electron chi connectivity index (χ3n) is 8.01. The minimum atomic E-state index is -1.25. The van der Waals surface area contributed by atoms with Crippen LogP contribution >= 0.6 is 46.1 Å². The van der Waals surface area contributed by atoms with E-state index in [4.69, 9.17) is 39.5 Å². The summed E-state index contributed by atoms with van der Waals surface area (Å²) in [7, 11) is 0. The molecule has 3 rings (SSSR count). The number of rotatable bonds is 16. The molecule has 0 spiro atoms. The van der Waals surface area contributed by atoms with Crippen LogP contribution in [0.5, 0.6) is 0 Å². The Labute approximate surface area is 266 Å². The van der Waals surface area contributed by atoms with Crippen molar-refractivity contribution in [1.82, 2.24) is 4.90 Å². The maximum absolute atomic E-state index is 12.8. The molecule has 2 aromatic rings. The van der Waals surface area contributed by atoms with Crippen LogP contribution in [0.3, 0.4) is 0 Å². The molecule has 4 atom stereocenters. The van der Waals surface area contributed by atoms with E-state index in [2.05, 4.69) is 0 Å². The van der Waals surface area contributed by atoms with Gasteiger partial charge in [-0.25, -0.2) is 4.79 Å². The monoisotopic (exact) mass is 663 g/mol. The Balaban J connectivity index is 1.52. The number of benzene rings is 1. The van der Waals surface area contributed by atoms with Gasteiger partial charge in [0.05, 0.1) is 31.3 Å². The molecule has 0 saturated heterocycles. The molecule has 1 fully saturated rings. The number of halogens is 3. The highest BCUT2D eigenvalue weighted by Crippen LogP contribution is 2.42. The van der Waals surface area contributed by atoms with Crippen LogP contribution in [-0.4, -0.2) is 88.2 Å². The second-order valence-electron chi connectivity index (χ2n) is 11.2. The van der Waals surface area contributed by atoms with Crippen LogP contribution in [0.2, 0.25) is 10.0 Å². The van der Waals surface area contributed by atoms with Gasteiger partial charge in [0.15, 0.2) is 0 Å². The number of nitrogens with zero attached hydrogens (tertiary/aromatic N) is 1. The van der Waals surface area contributed by atoms with E-state index in [1.807, 2.05) is 18.2 Å². The van der Waals surface area contributed by atoms with Crippen molar-refractivity contribution < 1.29 is 34.8 Å². The van der Waals surface area contributed by atoms with E-state index in [9.17, 15) is 30.0 Å². The summed E-state index contributed by atoms with van der Waals surface area (Å²) in [6, 6.07) is 9.07. The number of aryl methyl sites for hydroxylation is 2. The van der Waals surface area contributed by atoms with Crippen molar-refractivity contribution in [1.29, 1.82) is 0 Å². The number of ether oxygens (including phenoxy) is 1. The summed E-state index contributed by atoms with van der Waals surface area (Å²) < 4.78 is 5.44. The van der Waals surface area contributed by atoms with Gasteiger partial charge >= 0.3 is 5.97 Å². The van der Waals surface area contributed by atoms with Crippen LogP contribution in [-0.2, 0) is 22.4 Å². The largest absolute Gasteiger partial charge is 0.461 e. The van der Waals surface area contributed by atoms with Gasteiger partial charge in [-0.05, 0) is 86.3 Å². The summed E-state index contributed by atoms with van der Waals surface area (Å²) in [6.07, 6.45) is 4.09. The fourth-order valence-corrected chi connectivity index (χ4v) is 7.62. The second kappa shape index (κ2) is 16.6. The average Bonchev–Trinajstić information content (AvgIpc) is 3.52. The van der Waals surface area contributed by atoms with Gasteiger partial charge in [0.1, 0.15) is 11.5 Å². The van der Waals surface area contributed by atoms with Gasteiger partial charge in [0.25, 0.3) is 0 Å². The summed E-state index contributed by atoms with van der Waals surface area (Å²) in [4.78, 5) is 27.3. The predicted molar refractivity (Wildman–Crippen MR) is 166 cm³/mol. The highest BCUT2D eigenvalue weighted by molar-refractivity contribution is 7.13. The third-order valence-corrected chi connectivity index (χ3v) is 10.1. The molecule has 1 aromatic carbocycles. The molecule has 12 heteroatoms. The van der Waals surface area contributed by atoms with Crippen molar-refractivity contribution in [2.75, 3.05) is 39.5 Å². The van der Waals surface area contributed by atoms with E-state index >= 15 is 0 Å². The summed E-state index contributed by atoms with van der Waals surface area (Å²) in [6.45, 7) is -0.263. The quantitative estimate of drug-likeness (QED) is 0.153. The van der Waals surface area contributed by atoms with E-state index < -0.39 is 30.7 Å². The number of thiophene rings is 1. The Bertz CT molecular complexity index is 1160. The number of amides is 1. The van der Waals surface area contributed by atoms with Crippen LogP contribution in [0.25, 0.3) is 0 Å². The fourth-order valence-electron chi connectivity index (χ4n) is 5.61. The summed E-state index contributed by atoms with van der Waals surface area (Å²) in [5.41, 5.74) is -0.220. The van der Waals surface area contributed by atoms with Gasteiger partial charge in [-0.3, -0.25) is 4.79 Å². The number of carbonyl (C=O) groups excluding carboxylic acids is 2.